The molecule has 4 heteroatoms. The van der Waals surface area contributed by atoms with Gasteiger partial charge in [0, 0.05) is 12.6 Å². The molecule has 1 unspecified atom stereocenters. The zero-order valence-corrected chi connectivity index (χ0v) is 8.53. The van der Waals surface area contributed by atoms with E-state index in [0.29, 0.717) is 18.8 Å². The number of nitrogens with one attached hydrogen (secondary N) is 1. The highest BCUT2D eigenvalue weighted by Crippen LogP contribution is 2.10. The minimum Gasteiger partial charge on any atom is -0.481 e. The summed E-state index contributed by atoms with van der Waals surface area (Å²) in [6.07, 6.45) is 0.423. The molecule has 0 saturated carbocycles. The van der Waals surface area contributed by atoms with Crippen LogP contribution in [0.5, 0.6) is 5.88 Å². The number of nitrogens with zero attached hydrogens (tertiary/aromatic N) is 1. The number of methoxy groups -OCH3 is 1. The Kier molecular flexibility index (Phi) is 4.19. The Labute approximate surface area is 83.9 Å². The molecule has 1 atom stereocenters. The minimum absolute atomic E-state index is 0.284. The van der Waals surface area contributed by atoms with Gasteiger partial charge in [-0.2, -0.15) is 4.98 Å². The standard InChI is InChI=1S/C10H16N2O2/c1-8(13)6-7-11-9-4-3-5-10(12-9)14-2/h3-5,8,13H,6-7H2,1-2H3,(H,11,12). The number of rotatable bonds is 5. The Morgan fingerprint density at radius 3 is 3.00 bits per heavy atom. The molecule has 0 bridgehead atoms. The van der Waals surface area contributed by atoms with E-state index < -0.39 is 0 Å². The van der Waals surface area contributed by atoms with Crippen LogP contribution < -0.4 is 10.1 Å². The molecule has 0 spiro atoms. The molecule has 0 saturated heterocycles. The first-order valence-electron chi connectivity index (χ1n) is 4.65. The Hall–Kier alpha value is -1.29. The highest BCUT2D eigenvalue weighted by molar-refractivity contribution is 5.36. The van der Waals surface area contributed by atoms with Crippen LogP contribution in [0.1, 0.15) is 13.3 Å². The van der Waals surface area contributed by atoms with Gasteiger partial charge in [0.05, 0.1) is 13.2 Å². The van der Waals surface area contributed by atoms with Gasteiger partial charge in [-0.25, -0.2) is 0 Å². The summed E-state index contributed by atoms with van der Waals surface area (Å²) < 4.78 is 4.98. The maximum absolute atomic E-state index is 9.05. The second-order valence-corrected chi connectivity index (χ2v) is 3.13. The van der Waals surface area contributed by atoms with Gasteiger partial charge in [-0.15, -0.1) is 0 Å². The third-order valence-electron chi connectivity index (χ3n) is 1.80. The number of aliphatic hydroxyl groups is 1. The van der Waals surface area contributed by atoms with E-state index >= 15 is 0 Å². The lowest BCUT2D eigenvalue weighted by molar-refractivity contribution is 0.188. The van der Waals surface area contributed by atoms with Crippen molar-refractivity contribution < 1.29 is 9.84 Å². The second-order valence-electron chi connectivity index (χ2n) is 3.13. The monoisotopic (exact) mass is 196 g/mol. The second kappa shape index (κ2) is 5.44. The van der Waals surface area contributed by atoms with E-state index in [1.165, 1.54) is 0 Å². The Morgan fingerprint density at radius 1 is 1.57 bits per heavy atom. The maximum Gasteiger partial charge on any atom is 0.214 e. The van der Waals surface area contributed by atoms with E-state index in [1.54, 1.807) is 20.1 Å². The van der Waals surface area contributed by atoms with Gasteiger partial charge in [-0.05, 0) is 19.4 Å². The molecule has 1 aromatic heterocycles. The summed E-state index contributed by atoms with van der Waals surface area (Å²) in [6, 6.07) is 5.53. The van der Waals surface area contributed by atoms with Gasteiger partial charge in [-0.3, -0.25) is 0 Å². The van der Waals surface area contributed by atoms with Gasteiger partial charge in [0.1, 0.15) is 5.82 Å². The first-order valence-corrected chi connectivity index (χ1v) is 4.65. The van der Waals surface area contributed by atoms with E-state index in [-0.39, 0.29) is 6.10 Å². The number of aliphatic hydroxyl groups excluding tert-OH is 1. The molecule has 1 heterocycles. The third kappa shape index (κ3) is 3.62. The molecule has 1 rings (SSSR count). The number of anilines is 1. The van der Waals surface area contributed by atoms with Gasteiger partial charge in [0.15, 0.2) is 0 Å². The van der Waals surface area contributed by atoms with Crippen LogP contribution in [-0.2, 0) is 0 Å². The van der Waals surface area contributed by atoms with Crippen molar-refractivity contribution in [2.24, 2.45) is 0 Å². The topological polar surface area (TPSA) is 54.4 Å². The fourth-order valence-corrected chi connectivity index (χ4v) is 1.04. The summed E-state index contributed by atoms with van der Waals surface area (Å²) in [6.45, 7) is 2.47. The number of pyridine rings is 1. The van der Waals surface area contributed by atoms with Gasteiger partial charge in [0.2, 0.25) is 5.88 Å². The lowest BCUT2D eigenvalue weighted by Gasteiger charge is -2.07. The molecule has 0 aromatic carbocycles. The molecule has 78 valence electrons. The smallest absolute Gasteiger partial charge is 0.214 e. The largest absolute Gasteiger partial charge is 0.481 e. The number of ether oxygens (including phenoxy) is 1. The van der Waals surface area contributed by atoms with Crippen LogP contribution in [0, 0.1) is 0 Å². The van der Waals surface area contributed by atoms with E-state index in [9.17, 15) is 0 Å². The zero-order chi connectivity index (χ0) is 10.4. The number of hydrogen-bond acceptors (Lipinski definition) is 4. The highest BCUT2D eigenvalue weighted by atomic mass is 16.5. The molecule has 14 heavy (non-hydrogen) atoms. The van der Waals surface area contributed by atoms with Gasteiger partial charge >= 0.3 is 0 Å². The molecule has 0 amide bonds. The summed E-state index contributed by atoms with van der Waals surface area (Å²) in [7, 11) is 1.59. The predicted molar refractivity (Wildman–Crippen MR) is 55.6 cm³/mol. The van der Waals surface area contributed by atoms with Crippen molar-refractivity contribution in [1.29, 1.82) is 0 Å². The quantitative estimate of drug-likeness (QED) is 0.744. The number of hydrogen-bond donors (Lipinski definition) is 2. The van der Waals surface area contributed by atoms with Crippen LogP contribution in [0.25, 0.3) is 0 Å². The van der Waals surface area contributed by atoms with Crippen molar-refractivity contribution in [1.82, 2.24) is 4.98 Å². The molecule has 4 nitrogen and oxygen atoms in total. The van der Waals surface area contributed by atoms with Gasteiger partial charge in [-0.1, -0.05) is 6.07 Å². The summed E-state index contributed by atoms with van der Waals surface area (Å²) >= 11 is 0. The molecule has 1 aromatic rings. The van der Waals surface area contributed by atoms with Crippen molar-refractivity contribution in [2.45, 2.75) is 19.4 Å². The van der Waals surface area contributed by atoms with Crippen LogP contribution in [0.2, 0.25) is 0 Å². The summed E-state index contributed by atoms with van der Waals surface area (Å²) in [4.78, 5) is 4.17. The van der Waals surface area contributed by atoms with Crippen molar-refractivity contribution >= 4 is 5.82 Å². The molecular weight excluding hydrogens is 180 g/mol. The molecule has 0 aliphatic carbocycles. The van der Waals surface area contributed by atoms with E-state index in [0.717, 1.165) is 5.82 Å². The average Bonchev–Trinajstić information content (AvgIpc) is 2.18. The number of aromatic nitrogens is 1. The van der Waals surface area contributed by atoms with E-state index in [2.05, 4.69) is 10.3 Å². The van der Waals surface area contributed by atoms with Crippen molar-refractivity contribution in [3.63, 3.8) is 0 Å². The Bertz CT molecular complexity index is 277. The molecule has 0 radical (unpaired) electrons. The SMILES string of the molecule is COc1cccc(NCCC(C)O)n1. The molecule has 2 N–H and O–H groups in total. The fraction of sp³-hybridized carbons (Fsp3) is 0.500. The lowest BCUT2D eigenvalue weighted by Crippen LogP contribution is -2.10. The van der Waals surface area contributed by atoms with Crippen LogP contribution in [0.4, 0.5) is 5.82 Å². The van der Waals surface area contributed by atoms with Crippen LogP contribution in [-0.4, -0.2) is 29.8 Å². The minimum atomic E-state index is -0.284. The first-order chi connectivity index (χ1) is 6.72. The van der Waals surface area contributed by atoms with E-state index in [4.69, 9.17) is 9.84 Å². The maximum atomic E-state index is 9.05. The fourth-order valence-electron chi connectivity index (χ4n) is 1.04. The molecule has 0 aliphatic heterocycles. The zero-order valence-electron chi connectivity index (χ0n) is 8.53. The van der Waals surface area contributed by atoms with Gasteiger partial charge < -0.3 is 15.2 Å². The Morgan fingerprint density at radius 2 is 2.36 bits per heavy atom. The summed E-state index contributed by atoms with van der Waals surface area (Å²) in [5.41, 5.74) is 0. The van der Waals surface area contributed by atoms with Crippen LogP contribution >= 0.6 is 0 Å². The van der Waals surface area contributed by atoms with Gasteiger partial charge in [0.25, 0.3) is 0 Å². The normalized spacial score (nSPS) is 12.2. The molecule has 0 aliphatic rings. The average molecular weight is 196 g/mol. The lowest BCUT2D eigenvalue weighted by atomic mass is 10.3. The molecule has 0 fully saturated rings. The van der Waals surface area contributed by atoms with Crippen molar-refractivity contribution in [2.75, 3.05) is 19.0 Å². The predicted octanol–water partition coefficient (Wildman–Crippen LogP) is 1.27. The summed E-state index contributed by atoms with van der Waals surface area (Å²) in [5, 5.41) is 12.1. The third-order valence-corrected chi connectivity index (χ3v) is 1.80. The van der Waals surface area contributed by atoms with E-state index in [1.807, 2.05) is 12.1 Å². The van der Waals surface area contributed by atoms with Crippen molar-refractivity contribution in [3.05, 3.63) is 18.2 Å². The summed E-state index contributed by atoms with van der Waals surface area (Å²) in [5.74, 6) is 1.36. The van der Waals surface area contributed by atoms with Crippen LogP contribution in [0.15, 0.2) is 18.2 Å². The highest BCUT2D eigenvalue weighted by Gasteiger charge is 1.98. The van der Waals surface area contributed by atoms with Crippen LogP contribution in [0.3, 0.4) is 0 Å². The Balaban J connectivity index is 2.42. The molecular formula is C10H16N2O2. The first kappa shape index (κ1) is 10.8. The van der Waals surface area contributed by atoms with Crippen molar-refractivity contribution in [3.8, 4) is 5.88 Å².